The van der Waals surface area contributed by atoms with Crippen molar-refractivity contribution < 1.29 is 8.76 Å². The fourth-order valence-corrected chi connectivity index (χ4v) is 3.49. The molecule has 0 aromatic rings. The Bertz CT molecular complexity index is 311. The van der Waals surface area contributed by atoms with E-state index in [0.29, 0.717) is 6.42 Å². The Labute approximate surface area is 127 Å². The van der Waals surface area contributed by atoms with Gasteiger partial charge in [0.15, 0.2) is 3.67 Å². The average molecular weight is 359 g/mol. The summed E-state index contributed by atoms with van der Waals surface area (Å²) in [6, 6.07) is 1.75. The van der Waals surface area contributed by atoms with E-state index in [-0.39, 0.29) is 6.54 Å². The number of rotatable bonds is 7. The van der Waals surface area contributed by atoms with Crippen LogP contribution in [0.3, 0.4) is 0 Å². The topological polar surface area (TPSA) is 67.2 Å². The molecule has 2 unspecified atom stereocenters. The molecule has 0 aromatic heterocycles. The number of hydrogen-bond acceptors (Lipinski definition) is 4. The van der Waals surface area contributed by atoms with Crippen LogP contribution in [0, 0.1) is 11.3 Å². The van der Waals surface area contributed by atoms with Crippen LogP contribution >= 0.6 is 58.2 Å². The third-order valence-electron chi connectivity index (χ3n) is 1.64. The minimum atomic E-state index is -2.54. The number of thioether (sulfide) groups is 1. The van der Waals surface area contributed by atoms with Crippen molar-refractivity contribution in [1.29, 1.82) is 5.26 Å². The minimum Gasteiger partial charge on any atom is -0.760 e. The van der Waals surface area contributed by atoms with Gasteiger partial charge in [0.2, 0.25) is 0 Å². The molecule has 0 radical (unpaired) electrons. The Morgan fingerprint density at radius 2 is 2.12 bits per heavy atom. The maximum atomic E-state index is 11.0. The molecule has 100 valence electrons. The molecule has 0 saturated carbocycles. The van der Waals surface area contributed by atoms with E-state index >= 15 is 0 Å². The van der Waals surface area contributed by atoms with Gasteiger partial charge in [0.05, 0.1) is 18.0 Å². The molecule has 17 heavy (non-hydrogen) atoms. The quantitative estimate of drug-likeness (QED) is 0.303. The first kappa shape index (κ1) is 18.1. The summed E-state index contributed by atoms with van der Waals surface area (Å²) in [5, 5.41) is 7.94. The van der Waals surface area contributed by atoms with Crippen molar-refractivity contribution in [2.75, 3.05) is 6.54 Å². The van der Waals surface area contributed by atoms with E-state index in [2.05, 4.69) is 0 Å². The van der Waals surface area contributed by atoms with Crippen molar-refractivity contribution in [2.24, 2.45) is 0 Å². The predicted molar refractivity (Wildman–Crippen MR) is 72.8 cm³/mol. The maximum Gasteiger partial charge on any atom is 0.194 e. The molecule has 0 bridgehead atoms. The molecule has 0 saturated heterocycles. The van der Waals surface area contributed by atoms with Gasteiger partial charge in [-0.1, -0.05) is 30.1 Å². The van der Waals surface area contributed by atoms with Crippen molar-refractivity contribution in [3.8, 4) is 6.07 Å². The Balaban J connectivity index is 4.82. The van der Waals surface area contributed by atoms with Crippen molar-refractivity contribution in [3.05, 3.63) is 0 Å². The van der Waals surface area contributed by atoms with Gasteiger partial charge in [-0.25, -0.2) is 4.31 Å². The Hall–Kier alpha value is 1.07. The molecule has 0 aliphatic rings. The van der Waals surface area contributed by atoms with E-state index in [4.69, 9.17) is 51.7 Å². The summed E-state index contributed by atoms with van der Waals surface area (Å²) in [4.78, 5) is -1.09. The van der Waals surface area contributed by atoms with E-state index in [0.717, 1.165) is 16.1 Å². The van der Waals surface area contributed by atoms with Crippen LogP contribution in [0.1, 0.15) is 13.3 Å². The highest BCUT2D eigenvalue weighted by atomic mass is 35.5. The van der Waals surface area contributed by atoms with Crippen LogP contribution in [0.25, 0.3) is 0 Å². The lowest BCUT2D eigenvalue weighted by Crippen LogP contribution is -2.37. The second-order valence-electron chi connectivity index (χ2n) is 2.79. The zero-order chi connectivity index (χ0) is 13.6. The van der Waals surface area contributed by atoms with Crippen LogP contribution in [0.4, 0.5) is 0 Å². The fourth-order valence-electron chi connectivity index (χ4n) is 0.899. The number of hydrogen-bond donors (Lipinski definition) is 0. The van der Waals surface area contributed by atoms with Crippen LogP contribution in [0.2, 0.25) is 0 Å². The molecule has 0 spiro atoms. The third kappa shape index (κ3) is 6.17. The molecule has 0 rings (SSSR count). The second kappa shape index (κ2) is 8.28. The molecule has 0 aromatic carbocycles. The summed E-state index contributed by atoms with van der Waals surface area (Å²) in [5.74, 6) is 0. The number of alkyl halides is 4. The normalized spacial score (nSPS) is 15.9. The van der Waals surface area contributed by atoms with Crippen LogP contribution in [-0.2, 0) is 11.3 Å². The number of halogens is 4. The fraction of sp³-hybridized carbons (Fsp3) is 0.857. The zero-order valence-electron chi connectivity index (χ0n) is 8.61. The summed E-state index contributed by atoms with van der Waals surface area (Å²) >= 11 is 21.2. The first-order valence-corrected chi connectivity index (χ1v) is 7.87. The summed E-state index contributed by atoms with van der Waals surface area (Å²) in [7, 11) is 0. The third-order valence-corrected chi connectivity index (χ3v) is 6.28. The van der Waals surface area contributed by atoms with Crippen LogP contribution in [-0.4, -0.2) is 33.5 Å². The van der Waals surface area contributed by atoms with E-state index in [1.807, 2.05) is 0 Å². The van der Waals surface area contributed by atoms with Gasteiger partial charge in [0.25, 0.3) is 0 Å². The Morgan fingerprint density at radius 1 is 1.59 bits per heavy atom. The first-order chi connectivity index (χ1) is 7.76. The predicted octanol–water partition coefficient (Wildman–Crippen LogP) is 3.01. The SMILES string of the molecule is CCC(SC(Cl)(Cl)C(Cl)Cl)N(CC#N)S(=O)[O-]. The van der Waals surface area contributed by atoms with Gasteiger partial charge in [-0.3, -0.25) is 4.21 Å². The van der Waals surface area contributed by atoms with E-state index < -0.39 is 25.1 Å². The van der Waals surface area contributed by atoms with Crippen molar-refractivity contribution in [1.82, 2.24) is 4.31 Å². The van der Waals surface area contributed by atoms with Crippen LogP contribution < -0.4 is 0 Å². The summed E-state index contributed by atoms with van der Waals surface area (Å²) in [6.45, 7) is 1.44. The van der Waals surface area contributed by atoms with Gasteiger partial charge in [0, 0.05) is 11.3 Å². The van der Waals surface area contributed by atoms with Crippen molar-refractivity contribution in [3.63, 3.8) is 0 Å². The lowest BCUT2D eigenvalue weighted by atomic mass is 10.5. The van der Waals surface area contributed by atoms with Gasteiger partial charge >= 0.3 is 0 Å². The van der Waals surface area contributed by atoms with Gasteiger partial charge in [-0.15, -0.1) is 35.0 Å². The highest BCUT2D eigenvalue weighted by Crippen LogP contribution is 2.46. The number of nitrogens with zero attached hydrogens (tertiary/aromatic N) is 2. The first-order valence-electron chi connectivity index (χ1n) is 4.33. The van der Waals surface area contributed by atoms with Crippen LogP contribution in [0.15, 0.2) is 0 Å². The lowest BCUT2D eigenvalue weighted by Gasteiger charge is -2.33. The lowest BCUT2D eigenvalue weighted by molar-refractivity contribution is 0.393. The summed E-state index contributed by atoms with van der Waals surface area (Å²) in [5.41, 5.74) is 0. The summed E-state index contributed by atoms with van der Waals surface area (Å²) < 4.78 is 21.3. The minimum absolute atomic E-state index is 0.291. The van der Waals surface area contributed by atoms with E-state index in [1.54, 1.807) is 13.0 Å². The Kier molecular flexibility index (Phi) is 8.80. The van der Waals surface area contributed by atoms with E-state index in [9.17, 15) is 8.76 Å². The molecular formula is C7H9Cl4N2O2S2-. The monoisotopic (exact) mass is 357 g/mol. The van der Waals surface area contributed by atoms with Gasteiger partial charge in [-0.2, -0.15) is 5.26 Å². The van der Waals surface area contributed by atoms with E-state index in [1.165, 1.54) is 0 Å². The molecule has 0 aliphatic carbocycles. The largest absolute Gasteiger partial charge is 0.760 e. The maximum absolute atomic E-state index is 11.0. The van der Waals surface area contributed by atoms with Crippen LogP contribution in [0.5, 0.6) is 0 Å². The molecule has 2 atom stereocenters. The highest BCUT2D eigenvalue weighted by Gasteiger charge is 2.37. The zero-order valence-corrected chi connectivity index (χ0v) is 13.3. The molecular weight excluding hydrogens is 350 g/mol. The van der Waals surface area contributed by atoms with Gasteiger partial charge in [0.1, 0.15) is 4.84 Å². The van der Waals surface area contributed by atoms with Crippen molar-refractivity contribution in [2.45, 2.75) is 27.2 Å². The standard InChI is InChI=1S/C7H10Cl4N2O2S2/c1-2-5(13(4-3-12)17(14)15)16-7(10,11)6(8)9/h5-6H,2,4H2,1H3,(H,14,15)/p-1. The molecule has 0 N–H and O–H groups in total. The molecule has 4 nitrogen and oxygen atoms in total. The molecule has 0 aliphatic heterocycles. The molecule has 10 heteroatoms. The average Bonchev–Trinajstić information content (AvgIpc) is 2.22. The van der Waals surface area contributed by atoms with Crippen molar-refractivity contribution >= 4 is 69.4 Å². The molecule has 0 heterocycles. The van der Waals surface area contributed by atoms with Gasteiger partial charge in [-0.05, 0) is 6.42 Å². The number of nitriles is 1. The second-order valence-corrected chi connectivity index (χ2v) is 8.05. The molecule has 0 amide bonds. The molecule has 0 fully saturated rings. The smallest absolute Gasteiger partial charge is 0.194 e. The Morgan fingerprint density at radius 3 is 2.41 bits per heavy atom. The van der Waals surface area contributed by atoms with Gasteiger partial charge < -0.3 is 4.55 Å². The highest BCUT2D eigenvalue weighted by molar-refractivity contribution is 8.04. The summed E-state index contributed by atoms with van der Waals surface area (Å²) in [6.07, 6.45) is 0.405.